The Kier molecular flexibility index (Phi) is 11.6. The molecule has 1 aliphatic heterocycles. The Bertz CT molecular complexity index is 426. The molecule has 0 unspecified atom stereocenters. The number of hydrogen-bond donors (Lipinski definition) is 0. The van der Waals surface area contributed by atoms with E-state index in [1.54, 1.807) is 9.80 Å². The summed E-state index contributed by atoms with van der Waals surface area (Å²) in [6.45, 7) is 16.8. The summed E-state index contributed by atoms with van der Waals surface area (Å²) in [5.41, 5.74) is 0.489. The molecule has 1 fully saturated rings. The van der Waals surface area contributed by atoms with Gasteiger partial charge >= 0.3 is 6.03 Å². The van der Waals surface area contributed by atoms with Gasteiger partial charge in [-0.3, -0.25) is 0 Å². The maximum absolute atomic E-state index is 11.7. The fourth-order valence-electron chi connectivity index (χ4n) is 5.75. The molecule has 0 aromatic heterocycles. The van der Waals surface area contributed by atoms with E-state index in [2.05, 4.69) is 41.5 Å². The van der Waals surface area contributed by atoms with E-state index < -0.39 is 0 Å². The maximum Gasteiger partial charge on any atom is 0.319 e. The molecule has 0 spiro atoms. The molecule has 4 nitrogen and oxygen atoms in total. The molecule has 1 aliphatic rings. The first-order valence-corrected chi connectivity index (χ1v) is 12.2. The highest BCUT2D eigenvalue weighted by atomic mass is 16.5. The van der Waals surface area contributed by atoms with Crippen molar-refractivity contribution in [3.8, 4) is 0 Å². The Balaban J connectivity index is 2.09. The third kappa shape index (κ3) is 7.77. The van der Waals surface area contributed by atoms with Gasteiger partial charge in [0.2, 0.25) is 0 Å². The summed E-state index contributed by atoms with van der Waals surface area (Å²) < 4.78 is 5.99. The fraction of sp³-hybridized carbons (Fsp3) is 0.960. The SMILES string of the molecule is CC(C)C(CCCCCCCCCOC1CN(C)C(=O)N(C)C1)(C(C)C)C(C)C. The van der Waals surface area contributed by atoms with Crippen LogP contribution in [0.1, 0.15) is 92.9 Å². The number of nitrogens with zero attached hydrogens (tertiary/aromatic N) is 2. The maximum atomic E-state index is 11.7. The molecule has 29 heavy (non-hydrogen) atoms. The number of rotatable bonds is 14. The van der Waals surface area contributed by atoms with Crippen LogP contribution in [0.15, 0.2) is 0 Å². The first-order chi connectivity index (χ1) is 13.6. The first-order valence-electron chi connectivity index (χ1n) is 12.2. The molecule has 0 N–H and O–H groups in total. The molecule has 4 heteroatoms. The lowest BCUT2D eigenvalue weighted by atomic mass is 9.60. The van der Waals surface area contributed by atoms with Crippen LogP contribution in [0.4, 0.5) is 4.79 Å². The fourth-order valence-corrected chi connectivity index (χ4v) is 5.75. The molecule has 0 radical (unpaired) electrons. The van der Waals surface area contributed by atoms with Gasteiger partial charge < -0.3 is 14.5 Å². The van der Waals surface area contributed by atoms with E-state index in [1.165, 1.54) is 44.9 Å². The van der Waals surface area contributed by atoms with E-state index in [4.69, 9.17) is 4.74 Å². The zero-order chi connectivity index (χ0) is 22.0. The van der Waals surface area contributed by atoms with Gasteiger partial charge in [0.25, 0.3) is 0 Å². The van der Waals surface area contributed by atoms with Gasteiger partial charge in [-0.2, -0.15) is 0 Å². The van der Waals surface area contributed by atoms with Crippen LogP contribution in [0.25, 0.3) is 0 Å². The largest absolute Gasteiger partial charge is 0.375 e. The van der Waals surface area contributed by atoms with Crippen molar-refractivity contribution in [2.45, 2.75) is 99.0 Å². The summed E-state index contributed by atoms with van der Waals surface area (Å²) in [6, 6.07) is 0.0947. The first kappa shape index (κ1) is 26.3. The summed E-state index contributed by atoms with van der Waals surface area (Å²) in [5.74, 6) is 2.26. The molecule has 1 saturated heterocycles. The molecule has 0 bridgehead atoms. The average Bonchev–Trinajstić information content (AvgIpc) is 2.63. The van der Waals surface area contributed by atoms with Crippen molar-refractivity contribution >= 4 is 6.03 Å². The predicted octanol–water partition coefficient (Wildman–Crippen LogP) is 6.44. The number of unbranched alkanes of at least 4 members (excludes halogenated alkanes) is 6. The summed E-state index contributed by atoms with van der Waals surface area (Å²) in [7, 11) is 3.70. The molecule has 0 aromatic rings. The van der Waals surface area contributed by atoms with E-state index >= 15 is 0 Å². The van der Waals surface area contributed by atoms with Gasteiger partial charge in [0, 0.05) is 20.7 Å². The van der Waals surface area contributed by atoms with Gasteiger partial charge in [-0.1, -0.05) is 80.1 Å². The number of hydrogen-bond acceptors (Lipinski definition) is 2. The normalized spacial score (nSPS) is 16.7. The van der Waals surface area contributed by atoms with E-state index in [0.717, 1.165) is 30.8 Å². The van der Waals surface area contributed by atoms with Gasteiger partial charge in [0.15, 0.2) is 0 Å². The lowest BCUT2D eigenvalue weighted by Gasteiger charge is -2.45. The van der Waals surface area contributed by atoms with Crippen molar-refractivity contribution < 1.29 is 9.53 Å². The summed E-state index contributed by atoms with van der Waals surface area (Å²) in [4.78, 5) is 15.2. The zero-order valence-electron chi connectivity index (χ0n) is 20.8. The van der Waals surface area contributed by atoms with Crippen LogP contribution < -0.4 is 0 Å². The summed E-state index contributed by atoms with van der Waals surface area (Å²) in [6.07, 6.45) is 10.7. The zero-order valence-corrected chi connectivity index (χ0v) is 20.8. The second-order valence-corrected chi connectivity index (χ2v) is 10.3. The van der Waals surface area contributed by atoms with Crippen LogP contribution in [-0.4, -0.2) is 55.7 Å². The third-order valence-corrected chi connectivity index (χ3v) is 7.44. The molecule has 172 valence electrons. The monoisotopic (exact) mass is 410 g/mol. The van der Waals surface area contributed by atoms with Crippen molar-refractivity contribution in [3.05, 3.63) is 0 Å². The molecule has 1 rings (SSSR count). The Morgan fingerprint density at radius 1 is 0.793 bits per heavy atom. The number of carbonyl (C=O) groups excluding carboxylic acids is 1. The van der Waals surface area contributed by atoms with Crippen LogP contribution in [0, 0.1) is 23.2 Å². The molecule has 0 atom stereocenters. The van der Waals surface area contributed by atoms with Crippen molar-refractivity contribution in [3.63, 3.8) is 0 Å². The standard InChI is InChI=1S/C25H50N2O2/c1-20(2)25(21(3)4,22(5)6)16-14-12-10-9-11-13-15-17-29-23-18-26(7)24(28)27(8)19-23/h20-23H,9-19H2,1-8H3. The second kappa shape index (κ2) is 12.8. The predicted molar refractivity (Wildman–Crippen MR) is 124 cm³/mol. The van der Waals surface area contributed by atoms with Gasteiger partial charge in [0.1, 0.15) is 0 Å². The number of carbonyl (C=O) groups is 1. The number of likely N-dealkylation sites (N-methyl/N-ethyl adjacent to an activating group) is 2. The van der Waals surface area contributed by atoms with Crippen molar-refractivity contribution in [2.75, 3.05) is 33.8 Å². The minimum atomic E-state index is 0.0947. The van der Waals surface area contributed by atoms with Crippen LogP contribution >= 0.6 is 0 Å². The van der Waals surface area contributed by atoms with Crippen molar-refractivity contribution in [2.24, 2.45) is 23.2 Å². The molecule has 2 amide bonds. The summed E-state index contributed by atoms with van der Waals surface area (Å²) in [5, 5.41) is 0. The van der Waals surface area contributed by atoms with Gasteiger partial charge in [-0.25, -0.2) is 4.79 Å². The van der Waals surface area contributed by atoms with Gasteiger partial charge in [-0.05, 0) is 36.0 Å². The van der Waals surface area contributed by atoms with Crippen LogP contribution in [0.2, 0.25) is 0 Å². The van der Waals surface area contributed by atoms with Crippen LogP contribution in [0.5, 0.6) is 0 Å². The highest BCUT2D eigenvalue weighted by Crippen LogP contribution is 2.47. The lowest BCUT2D eigenvalue weighted by molar-refractivity contribution is -0.00132. The van der Waals surface area contributed by atoms with E-state index in [0.29, 0.717) is 18.5 Å². The van der Waals surface area contributed by atoms with E-state index in [1.807, 2.05) is 14.1 Å². The quantitative estimate of drug-likeness (QED) is 0.308. The van der Waals surface area contributed by atoms with Crippen molar-refractivity contribution in [1.29, 1.82) is 0 Å². The molecule has 0 aliphatic carbocycles. The van der Waals surface area contributed by atoms with Crippen LogP contribution in [-0.2, 0) is 4.74 Å². The van der Waals surface area contributed by atoms with E-state index in [-0.39, 0.29) is 12.1 Å². The molecular formula is C25H50N2O2. The molecular weight excluding hydrogens is 360 g/mol. The smallest absolute Gasteiger partial charge is 0.319 e. The van der Waals surface area contributed by atoms with Crippen LogP contribution in [0.3, 0.4) is 0 Å². The van der Waals surface area contributed by atoms with Gasteiger partial charge in [0.05, 0.1) is 19.2 Å². The van der Waals surface area contributed by atoms with Crippen molar-refractivity contribution in [1.82, 2.24) is 9.80 Å². The number of amides is 2. The Morgan fingerprint density at radius 3 is 1.66 bits per heavy atom. The van der Waals surface area contributed by atoms with Gasteiger partial charge in [-0.15, -0.1) is 0 Å². The Labute approximate surface area is 181 Å². The Hall–Kier alpha value is -0.770. The molecule has 1 heterocycles. The number of ether oxygens (including phenoxy) is 1. The topological polar surface area (TPSA) is 32.8 Å². The lowest BCUT2D eigenvalue weighted by Crippen LogP contribution is -2.53. The third-order valence-electron chi connectivity index (χ3n) is 7.44. The summed E-state index contributed by atoms with van der Waals surface area (Å²) >= 11 is 0. The minimum Gasteiger partial charge on any atom is -0.375 e. The van der Waals surface area contributed by atoms with E-state index in [9.17, 15) is 4.79 Å². The molecule has 0 saturated carbocycles. The molecule has 0 aromatic carbocycles. The number of urea groups is 1. The highest BCUT2D eigenvalue weighted by Gasteiger charge is 2.39. The highest BCUT2D eigenvalue weighted by molar-refractivity contribution is 5.74. The Morgan fingerprint density at radius 2 is 1.21 bits per heavy atom. The minimum absolute atomic E-state index is 0.0947. The average molecular weight is 411 g/mol. The second-order valence-electron chi connectivity index (χ2n) is 10.3.